The molecule has 1 aromatic heterocycles. The maximum Gasteiger partial charge on any atom is 0.266 e. The molecule has 33 heavy (non-hydrogen) atoms. The Morgan fingerprint density at radius 2 is 1.82 bits per heavy atom. The molecule has 0 aliphatic heterocycles. The summed E-state index contributed by atoms with van der Waals surface area (Å²) in [6.07, 6.45) is 4.92. The van der Waals surface area contributed by atoms with Crippen LogP contribution in [0.5, 0.6) is 0 Å². The van der Waals surface area contributed by atoms with E-state index in [1.165, 1.54) is 0 Å². The van der Waals surface area contributed by atoms with Crippen molar-refractivity contribution >= 4 is 28.4 Å². The van der Waals surface area contributed by atoms with Gasteiger partial charge in [0.2, 0.25) is 5.91 Å². The predicted octanol–water partition coefficient (Wildman–Crippen LogP) is 6.56. The van der Waals surface area contributed by atoms with Crippen LogP contribution in [0.25, 0.3) is 16.6 Å². The molecule has 0 spiro atoms. The van der Waals surface area contributed by atoms with E-state index in [0.717, 1.165) is 25.7 Å². The van der Waals surface area contributed by atoms with Crippen LogP contribution in [0.15, 0.2) is 53.3 Å². The van der Waals surface area contributed by atoms with E-state index in [-0.39, 0.29) is 23.4 Å². The zero-order valence-corrected chi connectivity index (χ0v) is 20.8. The number of nitrogens with zero attached hydrogens (tertiary/aromatic N) is 3. The fourth-order valence-electron chi connectivity index (χ4n) is 4.24. The Morgan fingerprint density at radius 1 is 1.06 bits per heavy atom. The number of fused-ring (bicyclic) bond motifs is 1. The van der Waals surface area contributed by atoms with Crippen molar-refractivity contribution in [3.05, 3.63) is 69.7 Å². The van der Waals surface area contributed by atoms with Gasteiger partial charge >= 0.3 is 0 Å². The van der Waals surface area contributed by atoms with E-state index >= 15 is 0 Å². The molecule has 176 valence electrons. The summed E-state index contributed by atoms with van der Waals surface area (Å²) >= 11 is 6.28. The van der Waals surface area contributed by atoms with Crippen LogP contribution < -0.4 is 5.56 Å². The van der Waals surface area contributed by atoms with Gasteiger partial charge in [-0.2, -0.15) is 0 Å². The second kappa shape index (κ2) is 11.5. The number of amides is 1. The van der Waals surface area contributed by atoms with Crippen molar-refractivity contribution < 1.29 is 4.79 Å². The smallest absolute Gasteiger partial charge is 0.266 e. The fraction of sp³-hybridized carbons (Fsp3) is 0.444. The summed E-state index contributed by atoms with van der Waals surface area (Å²) in [5, 5.41) is 1.09. The lowest BCUT2D eigenvalue weighted by atomic mass is 10.1. The minimum Gasteiger partial charge on any atom is -0.332 e. The van der Waals surface area contributed by atoms with E-state index in [1.54, 1.807) is 22.8 Å². The lowest BCUT2D eigenvalue weighted by Crippen LogP contribution is -2.41. The highest BCUT2D eigenvalue weighted by molar-refractivity contribution is 6.30. The van der Waals surface area contributed by atoms with Crippen LogP contribution in [0.2, 0.25) is 5.02 Å². The molecule has 3 rings (SSSR count). The van der Waals surface area contributed by atoms with Crippen LogP contribution in [-0.2, 0) is 4.79 Å². The molecule has 5 nitrogen and oxygen atoms in total. The number of halogens is 1. The minimum absolute atomic E-state index is 0.0819. The van der Waals surface area contributed by atoms with E-state index in [4.69, 9.17) is 16.6 Å². The molecule has 0 saturated heterocycles. The number of rotatable bonds is 10. The average molecular weight is 468 g/mol. The van der Waals surface area contributed by atoms with Crippen LogP contribution in [0.4, 0.5) is 0 Å². The SMILES string of the molecule is CCCCCCN(C(=O)C(C)C)C(CC)c1nc2ccccc2c(=O)n1-c1cccc(Cl)c1. The molecule has 6 heteroatoms. The van der Waals surface area contributed by atoms with Gasteiger partial charge in [-0.3, -0.25) is 14.2 Å². The van der Waals surface area contributed by atoms with Crippen molar-refractivity contribution in [1.82, 2.24) is 14.5 Å². The number of hydrogen-bond donors (Lipinski definition) is 0. The Balaban J connectivity index is 2.21. The van der Waals surface area contributed by atoms with Crippen LogP contribution >= 0.6 is 11.6 Å². The molecule has 0 aliphatic rings. The van der Waals surface area contributed by atoms with Crippen LogP contribution in [0.1, 0.15) is 71.7 Å². The van der Waals surface area contributed by atoms with Gasteiger partial charge in [0.15, 0.2) is 0 Å². The predicted molar refractivity (Wildman–Crippen MR) is 136 cm³/mol. The second-order valence-corrected chi connectivity index (χ2v) is 9.22. The molecule has 1 unspecified atom stereocenters. The molecule has 0 radical (unpaired) electrons. The highest BCUT2D eigenvalue weighted by Crippen LogP contribution is 2.28. The summed E-state index contributed by atoms with van der Waals surface area (Å²) in [6, 6.07) is 14.3. The first-order chi connectivity index (χ1) is 15.9. The van der Waals surface area contributed by atoms with Crippen LogP contribution in [0.3, 0.4) is 0 Å². The maximum absolute atomic E-state index is 13.7. The molecular formula is C27H34ClN3O2. The Kier molecular flexibility index (Phi) is 8.67. The number of carbonyl (C=O) groups is 1. The summed E-state index contributed by atoms with van der Waals surface area (Å²) in [6.45, 7) is 8.71. The number of para-hydroxylation sites is 1. The van der Waals surface area contributed by atoms with E-state index in [2.05, 4.69) is 6.92 Å². The monoisotopic (exact) mass is 467 g/mol. The van der Waals surface area contributed by atoms with Gasteiger partial charge in [-0.05, 0) is 43.2 Å². The van der Waals surface area contributed by atoms with Crippen molar-refractivity contribution in [2.24, 2.45) is 5.92 Å². The molecule has 3 aromatic rings. The van der Waals surface area contributed by atoms with Gasteiger partial charge in [-0.15, -0.1) is 0 Å². The van der Waals surface area contributed by atoms with Gasteiger partial charge in [0.25, 0.3) is 5.56 Å². The van der Waals surface area contributed by atoms with Gasteiger partial charge in [0.1, 0.15) is 5.82 Å². The topological polar surface area (TPSA) is 55.2 Å². The Morgan fingerprint density at radius 3 is 2.48 bits per heavy atom. The summed E-state index contributed by atoms with van der Waals surface area (Å²) in [4.78, 5) is 33.9. The van der Waals surface area contributed by atoms with Crippen LogP contribution in [-0.4, -0.2) is 26.9 Å². The summed E-state index contributed by atoms with van der Waals surface area (Å²) in [5.74, 6) is 0.517. The molecule has 0 N–H and O–H groups in total. The van der Waals surface area contributed by atoms with Crippen molar-refractivity contribution in [2.75, 3.05) is 6.54 Å². The molecule has 0 bridgehead atoms. The fourth-order valence-corrected chi connectivity index (χ4v) is 4.43. The highest BCUT2D eigenvalue weighted by Gasteiger charge is 2.30. The van der Waals surface area contributed by atoms with Gasteiger partial charge in [0, 0.05) is 17.5 Å². The Hall–Kier alpha value is -2.66. The lowest BCUT2D eigenvalue weighted by Gasteiger charge is -2.33. The third-order valence-corrected chi connectivity index (χ3v) is 6.19. The molecule has 0 saturated carbocycles. The van der Waals surface area contributed by atoms with Crippen molar-refractivity contribution in [3.8, 4) is 5.69 Å². The molecule has 0 aliphatic carbocycles. The molecular weight excluding hydrogens is 434 g/mol. The molecule has 1 heterocycles. The second-order valence-electron chi connectivity index (χ2n) is 8.78. The zero-order valence-electron chi connectivity index (χ0n) is 20.1. The summed E-state index contributed by atoms with van der Waals surface area (Å²) in [5.41, 5.74) is 1.14. The molecule has 1 atom stereocenters. The van der Waals surface area contributed by atoms with E-state index in [9.17, 15) is 9.59 Å². The van der Waals surface area contributed by atoms with Gasteiger partial charge in [0.05, 0.1) is 22.6 Å². The molecule has 0 fully saturated rings. The van der Waals surface area contributed by atoms with E-state index in [0.29, 0.717) is 40.4 Å². The lowest BCUT2D eigenvalue weighted by molar-refractivity contribution is -0.137. The number of unbranched alkanes of at least 4 members (excludes halogenated alkanes) is 3. The third kappa shape index (κ3) is 5.64. The third-order valence-electron chi connectivity index (χ3n) is 5.96. The number of hydrogen-bond acceptors (Lipinski definition) is 3. The molecule has 1 amide bonds. The standard InChI is InChI=1S/C27H34ClN3O2/c1-5-7-8-11-17-30(26(32)19(3)4)24(6-2)25-29-23-16-10-9-15-22(23)27(33)31(25)21-14-12-13-20(28)18-21/h9-10,12-16,18-19,24H,5-8,11,17H2,1-4H3. The van der Waals surface area contributed by atoms with Gasteiger partial charge in [-0.25, -0.2) is 4.98 Å². The van der Waals surface area contributed by atoms with Crippen LogP contribution in [0, 0.1) is 5.92 Å². The first-order valence-electron chi connectivity index (χ1n) is 12.0. The number of aromatic nitrogens is 2. The quantitative estimate of drug-likeness (QED) is 0.317. The van der Waals surface area contributed by atoms with E-state index in [1.807, 2.05) is 56.0 Å². The van der Waals surface area contributed by atoms with Crippen molar-refractivity contribution in [3.63, 3.8) is 0 Å². The summed E-state index contributed by atoms with van der Waals surface area (Å²) in [7, 11) is 0. The average Bonchev–Trinajstić information content (AvgIpc) is 2.80. The van der Waals surface area contributed by atoms with Crippen molar-refractivity contribution in [1.29, 1.82) is 0 Å². The largest absolute Gasteiger partial charge is 0.332 e. The Labute approximate surface area is 201 Å². The van der Waals surface area contributed by atoms with Gasteiger partial charge < -0.3 is 4.90 Å². The van der Waals surface area contributed by atoms with Gasteiger partial charge in [-0.1, -0.05) is 76.8 Å². The minimum atomic E-state index is -0.321. The normalized spacial score (nSPS) is 12.3. The van der Waals surface area contributed by atoms with Crippen molar-refractivity contribution in [2.45, 2.75) is 65.8 Å². The van der Waals surface area contributed by atoms with E-state index < -0.39 is 0 Å². The first-order valence-corrected chi connectivity index (χ1v) is 12.3. The molecule has 2 aromatic carbocycles. The number of benzene rings is 2. The first kappa shape index (κ1) is 25.0. The zero-order chi connectivity index (χ0) is 24.0. The maximum atomic E-state index is 13.7. The Bertz CT molecular complexity index is 1160. The summed E-state index contributed by atoms with van der Waals surface area (Å²) < 4.78 is 1.63. The highest BCUT2D eigenvalue weighted by atomic mass is 35.5. The number of carbonyl (C=O) groups excluding carboxylic acids is 1.